The number of nitrogens with one attached hydrogen (secondary N) is 1. The maximum atomic E-state index is 12.9. The van der Waals surface area contributed by atoms with Gasteiger partial charge in [-0.1, -0.05) is 42.0 Å². The lowest BCUT2D eigenvalue weighted by atomic mass is 9.96. The minimum atomic E-state index is -0.225. The minimum absolute atomic E-state index is 0.0437. The second kappa shape index (κ2) is 8.57. The van der Waals surface area contributed by atoms with Crippen LogP contribution in [0.15, 0.2) is 65.3 Å². The zero-order chi connectivity index (χ0) is 21.1. The number of furan rings is 1. The van der Waals surface area contributed by atoms with Crippen molar-refractivity contribution >= 4 is 17.5 Å². The van der Waals surface area contributed by atoms with E-state index in [1.54, 1.807) is 17.9 Å². The van der Waals surface area contributed by atoms with Crippen molar-refractivity contribution < 1.29 is 14.0 Å². The van der Waals surface area contributed by atoms with Crippen LogP contribution >= 0.6 is 0 Å². The highest BCUT2D eigenvalue weighted by Gasteiger charge is 2.30. The molecule has 1 aliphatic rings. The van der Waals surface area contributed by atoms with Gasteiger partial charge < -0.3 is 14.6 Å². The lowest BCUT2D eigenvalue weighted by molar-refractivity contribution is -0.121. The van der Waals surface area contributed by atoms with Crippen LogP contribution in [0.1, 0.15) is 34.5 Å². The van der Waals surface area contributed by atoms with E-state index >= 15 is 0 Å². The number of likely N-dealkylation sites (tertiary alicyclic amines) is 1. The molecule has 3 aromatic rings. The van der Waals surface area contributed by atoms with E-state index in [-0.39, 0.29) is 17.7 Å². The van der Waals surface area contributed by atoms with Crippen LogP contribution in [-0.2, 0) is 4.79 Å². The number of hydrogen-bond acceptors (Lipinski definition) is 3. The second-order valence-electron chi connectivity index (χ2n) is 7.92. The number of amides is 2. The number of piperidine rings is 1. The fraction of sp³-hybridized carbons (Fsp3) is 0.280. The third-order valence-corrected chi connectivity index (χ3v) is 5.65. The molecule has 1 unspecified atom stereocenters. The minimum Gasteiger partial charge on any atom is -0.469 e. The number of benzene rings is 2. The van der Waals surface area contributed by atoms with Gasteiger partial charge in [0.25, 0.3) is 5.91 Å². The Bertz CT molecular complexity index is 1070. The highest BCUT2D eigenvalue weighted by molar-refractivity contribution is 5.97. The molecule has 1 aromatic heterocycles. The van der Waals surface area contributed by atoms with Crippen LogP contribution in [0.25, 0.3) is 11.1 Å². The Kier molecular flexibility index (Phi) is 5.70. The fourth-order valence-electron chi connectivity index (χ4n) is 4.00. The van der Waals surface area contributed by atoms with Gasteiger partial charge in [-0.3, -0.25) is 9.59 Å². The van der Waals surface area contributed by atoms with E-state index in [2.05, 4.69) is 30.4 Å². The van der Waals surface area contributed by atoms with Crippen LogP contribution in [0, 0.1) is 19.8 Å². The number of nitrogens with zero attached hydrogens (tertiary/aromatic N) is 1. The molecule has 0 saturated carbocycles. The summed E-state index contributed by atoms with van der Waals surface area (Å²) >= 11 is 0. The highest BCUT2D eigenvalue weighted by Crippen LogP contribution is 2.25. The molecule has 2 aromatic carbocycles. The molecule has 0 radical (unpaired) electrons. The lowest BCUT2D eigenvalue weighted by Crippen LogP contribution is -2.43. The monoisotopic (exact) mass is 402 g/mol. The molecule has 2 heterocycles. The first-order valence-corrected chi connectivity index (χ1v) is 10.3. The Hall–Kier alpha value is -3.34. The summed E-state index contributed by atoms with van der Waals surface area (Å²) < 4.78 is 5.26. The third-order valence-electron chi connectivity index (χ3n) is 5.65. The van der Waals surface area contributed by atoms with Gasteiger partial charge in [-0.2, -0.15) is 0 Å². The van der Waals surface area contributed by atoms with Crippen LogP contribution < -0.4 is 5.32 Å². The Balaban J connectivity index is 1.44. The summed E-state index contributed by atoms with van der Waals surface area (Å²) in [6.45, 7) is 4.93. The summed E-state index contributed by atoms with van der Waals surface area (Å²) in [6.07, 6.45) is 3.11. The van der Waals surface area contributed by atoms with E-state index in [1.165, 1.54) is 11.8 Å². The van der Waals surface area contributed by atoms with Crippen LogP contribution in [-0.4, -0.2) is 29.8 Å². The van der Waals surface area contributed by atoms with Crippen molar-refractivity contribution in [2.75, 3.05) is 18.4 Å². The number of carbonyl (C=O) groups is 2. The molecule has 154 valence electrons. The Morgan fingerprint density at radius 3 is 2.53 bits per heavy atom. The zero-order valence-corrected chi connectivity index (χ0v) is 17.4. The molecule has 0 spiro atoms. The van der Waals surface area contributed by atoms with Crippen molar-refractivity contribution in [1.82, 2.24) is 4.90 Å². The largest absolute Gasteiger partial charge is 0.469 e. The van der Waals surface area contributed by atoms with Crippen LogP contribution in [0.2, 0.25) is 0 Å². The molecule has 1 aliphatic heterocycles. The summed E-state index contributed by atoms with van der Waals surface area (Å²) in [4.78, 5) is 27.5. The Labute approximate surface area is 176 Å². The number of rotatable bonds is 4. The van der Waals surface area contributed by atoms with Gasteiger partial charge in [-0.15, -0.1) is 0 Å². The second-order valence-corrected chi connectivity index (χ2v) is 7.92. The molecule has 1 N–H and O–H groups in total. The van der Waals surface area contributed by atoms with Gasteiger partial charge in [0.1, 0.15) is 5.76 Å². The topological polar surface area (TPSA) is 62.6 Å². The van der Waals surface area contributed by atoms with E-state index in [0.717, 1.165) is 29.7 Å². The zero-order valence-electron chi connectivity index (χ0n) is 17.4. The van der Waals surface area contributed by atoms with Gasteiger partial charge in [-0.05, 0) is 56.0 Å². The number of hydrogen-bond donors (Lipinski definition) is 1. The molecule has 0 bridgehead atoms. The molecule has 5 heteroatoms. The van der Waals surface area contributed by atoms with Crippen LogP contribution in [0.5, 0.6) is 0 Å². The highest BCUT2D eigenvalue weighted by atomic mass is 16.3. The first-order valence-electron chi connectivity index (χ1n) is 10.3. The smallest absolute Gasteiger partial charge is 0.257 e. The quantitative estimate of drug-likeness (QED) is 0.664. The standard InChI is InChI=1S/C25H26N2O3/c1-17-6-3-7-19(14-17)20-8-4-10-22(15-20)26-24(28)21-9-5-12-27(16-21)25(29)23-11-13-30-18(23)2/h3-4,6-8,10-11,13-15,21H,5,9,12,16H2,1-2H3,(H,26,28). The normalized spacial score (nSPS) is 16.3. The SMILES string of the molecule is Cc1cccc(-c2cccc(NC(=O)C3CCCN(C(=O)c4ccoc4C)C3)c2)c1. The molecular weight excluding hydrogens is 376 g/mol. The summed E-state index contributed by atoms with van der Waals surface area (Å²) in [5.41, 5.74) is 4.72. The molecule has 5 nitrogen and oxygen atoms in total. The summed E-state index contributed by atoms with van der Waals surface area (Å²) in [5, 5.41) is 3.05. The van der Waals surface area contributed by atoms with Crippen LogP contribution in [0.3, 0.4) is 0 Å². The van der Waals surface area contributed by atoms with Crippen molar-refractivity contribution in [3.05, 3.63) is 77.7 Å². The summed E-state index contributed by atoms with van der Waals surface area (Å²) in [6, 6.07) is 17.9. The number of aryl methyl sites for hydroxylation is 2. The van der Waals surface area contributed by atoms with Crippen molar-refractivity contribution in [2.24, 2.45) is 5.92 Å². The van der Waals surface area contributed by atoms with Gasteiger partial charge in [0, 0.05) is 18.8 Å². The Morgan fingerprint density at radius 1 is 1.03 bits per heavy atom. The predicted octanol–water partition coefficient (Wildman–Crippen LogP) is 5.05. The first kappa shape index (κ1) is 20.0. The number of anilines is 1. The van der Waals surface area contributed by atoms with Gasteiger partial charge in [0.2, 0.25) is 5.91 Å². The molecule has 4 rings (SSSR count). The average molecular weight is 402 g/mol. The maximum Gasteiger partial charge on any atom is 0.257 e. The molecule has 30 heavy (non-hydrogen) atoms. The van der Waals surface area contributed by atoms with Gasteiger partial charge >= 0.3 is 0 Å². The third kappa shape index (κ3) is 4.30. The van der Waals surface area contributed by atoms with Gasteiger partial charge in [0.05, 0.1) is 17.7 Å². The summed E-state index contributed by atoms with van der Waals surface area (Å²) in [7, 11) is 0. The molecule has 1 atom stereocenters. The molecule has 2 amide bonds. The summed E-state index contributed by atoms with van der Waals surface area (Å²) in [5.74, 6) is 0.273. The van der Waals surface area contributed by atoms with Gasteiger partial charge in [-0.25, -0.2) is 0 Å². The molecule has 1 saturated heterocycles. The van der Waals surface area contributed by atoms with E-state index in [4.69, 9.17) is 4.42 Å². The van der Waals surface area contributed by atoms with E-state index in [0.29, 0.717) is 24.4 Å². The number of carbonyl (C=O) groups excluding carboxylic acids is 2. The van der Waals surface area contributed by atoms with E-state index in [1.807, 2.05) is 30.3 Å². The molecule has 0 aliphatic carbocycles. The van der Waals surface area contributed by atoms with E-state index in [9.17, 15) is 9.59 Å². The van der Waals surface area contributed by atoms with Crippen molar-refractivity contribution in [3.63, 3.8) is 0 Å². The predicted molar refractivity (Wildman–Crippen MR) is 117 cm³/mol. The van der Waals surface area contributed by atoms with Crippen molar-refractivity contribution in [1.29, 1.82) is 0 Å². The van der Waals surface area contributed by atoms with Crippen LogP contribution in [0.4, 0.5) is 5.69 Å². The maximum absolute atomic E-state index is 12.9. The van der Waals surface area contributed by atoms with Crippen molar-refractivity contribution in [2.45, 2.75) is 26.7 Å². The average Bonchev–Trinajstić information content (AvgIpc) is 3.19. The van der Waals surface area contributed by atoms with Gasteiger partial charge in [0.15, 0.2) is 0 Å². The molecule has 1 fully saturated rings. The fourth-order valence-corrected chi connectivity index (χ4v) is 4.00. The van der Waals surface area contributed by atoms with E-state index < -0.39 is 0 Å². The Morgan fingerprint density at radius 2 is 1.80 bits per heavy atom. The first-order chi connectivity index (χ1) is 14.5. The lowest BCUT2D eigenvalue weighted by Gasteiger charge is -2.32. The van der Waals surface area contributed by atoms with Crippen molar-refractivity contribution in [3.8, 4) is 11.1 Å². The molecular formula is C25H26N2O3.